The molecule has 0 aromatic carbocycles. The Morgan fingerprint density at radius 2 is 2.06 bits per heavy atom. The van der Waals surface area contributed by atoms with Crippen LogP contribution in [0.25, 0.3) is 0 Å². The van der Waals surface area contributed by atoms with Gasteiger partial charge in [0.05, 0.1) is 6.10 Å². The Morgan fingerprint density at radius 1 is 1.33 bits per heavy atom. The minimum Gasteiger partial charge on any atom is -0.389 e. The normalized spacial score (nSPS) is 21.6. The number of hydrogen-bond acceptors (Lipinski definition) is 1. The molecule has 0 bridgehead atoms. The van der Waals surface area contributed by atoms with Gasteiger partial charge in [0.25, 0.3) is 0 Å². The highest BCUT2D eigenvalue weighted by Gasteiger charge is 2.26. The number of hydrogen-bond donors (Lipinski definition) is 1. The third kappa shape index (κ3) is 4.61. The van der Waals surface area contributed by atoms with E-state index in [1.807, 2.05) is 6.08 Å². The predicted molar refractivity (Wildman–Crippen MR) is 79.6 cm³/mol. The summed E-state index contributed by atoms with van der Waals surface area (Å²) in [7, 11) is 0. The van der Waals surface area contributed by atoms with Crippen LogP contribution in [0.3, 0.4) is 0 Å². The molecule has 1 aliphatic rings. The van der Waals surface area contributed by atoms with Gasteiger partial charge in [-0.2, -0.15) is 0 Å². The first-order valence-corrected chi connectivity index (χ1v) is 7.54. The van der Waals surface area contributed by atoms with Gasteiger partial charge in [-0.3, -0.25) is 0 Å². The number of allylic oxidation sites excluding steroid dienone is 3. The zero-order chi connectivity index (χ0) is 13.6. The summed E-state index contributed by atoms with van der Waals surface area (Å²) >= 11 is 0. The monoisotopic (exact) mass is 250 g/mol. The van der Waals surface area contributed by atoms with E-state index in [1.54, 1.807) is 0 Å². The summed E-state index contributed by atoms with van der Waals surface area (Å²) in [6.07, 6.45) is 12.2. The van der Waals surface area contributed by atoms with Crippen molar-refractivity contribution >= 4 is 0 Å². The van der Waals surface area contributed by atoms with E-state index in [2.05, 4.69) is 33.8 Å². The summed E-state index contributed by atoms with van der Waals surface area (Å²) in [6, 6.07) is 0. The van der Waals surface area contributed by atoms with Crippen LogP contribution in [-0.2, 0) is 0 Å². The topological polar surface area (TPSA) is 20.2 Å². The average molecular weight is 250 g/mol. The van der Waals surface area contributed by atoms with E-state index in [0.717, 1.165) is 12.8 Å². The Labute approximate surface area is 113 Å². The van der Waals surface area contributed by atoms with Crippen molar-refractivity contribution in [3.8, 4) is 0 Å². The second-order valence-electron chi connectivity index (χ2n) is 6.35. The molecule has 0 radical (unpaired) electrons. The SMILES string of the molecule is CCCCCC(O)C=CC1=C(C)CCCC1(C)C. The van der Waals surface area contributed by atoms with Crippen LogP contribution in [-0.4, -0.2) is 11.2 Å². The Balaban J connectivity index is 2.59. The molecule has 0 aromatic heterocycles. The minimum atomic E-state index is -0.269. The quantitative estimate of drug-likeness (QED) is 0.657. The standard InChI is InChI=1S/C17H30O/c1-5-6-7-10-15(18)11-12-16-14(2)9-8-13-17(16,3)4/h11-12,15,18H,5-10,13H2,1-4H3. The van der Waals surface area contributed by atoms with E-state index in [0.29, 0.717) is 0 Å². The van der Waals surface area contributed by atoms with Gasteiger partial charge in [-0.05, 0) is 43.6 Å². The molecule has 1 N–H and O–H groups in total. The third-order valence-electron chi connectivity index (χ3n) is 4.13. The average Bonchev–Trinajstić information content (AvgIpc) is 2.28. The summed E-state index contributed by atoms with van der Waals surface area (Å²) in [5.41, 5.74) is 3.23. The van der Waals surface area contributed by atoms with Crippen LogP contribution in [0.15, 0.2) is 23.3 Å². The molecule has 1 aliphatic carbocycles. The van der Waals surface area contributed by atoms with E-state index >= 15 is 0 Å². The summed E-state index contributed by atoms with van der Waals surface area (Å²) < 4.78 is 0. The van der Waals surface area contributed by atoms with Crippen LogP contribution in [0.5, 0.6) is 0 Å². The van der Waals surface area contributed by atoms with Crippen LogP contribution in [0, 0.1) is 5.41 Å². The maximum Gasteiger partial charge on any atom is 0.0724 e. The molecule has 104 valence electrons. The molecule has 0 amide bonds. The van der Waals surface area contributed by atoms with Gasteiger partial charge in [-0.15, -0.1) is 0 Å². The molecular formula is C17H30O. The zero-order valence-electron chi connectivity index (χ0n) is 12.6. The van der Waals surface area contributed by atoms with Crippen LogP contribution in [0.4, 0.5) is 0 Å². The largest absolute Gasteiger partial charge is 0.389 e. The van der Waals surface area contributed by atoms with Gasteiger partial charge in [0.2, 0.25) is 0 Å². The first-order chi connectivity index (χ1) is 8.47. The van der Waals surface area contributed by atoms with Crippen molar-refractivity contribution in [1.82, 2.24) is 0 Å². The van der Waals surface area contributed by atoms with Gasteiger partial charge in [0.15, 0.2) is 0 Å². The molecule has 0 saturated heterocycles. The molecule has 1 unspecified atom stereocenters. The molecule has 0 saturated carbocycles. The molecule has 0 heterocycles. The van der Waals surface area contributed by atoms with Crippen LogP contribution in [0.1, 0.15) is 72.6 Å². The van der Waals surface area contributed by atoms with E-state index in [1.165, 1.54) is 43.3 Å². The lowest BCUT2D eigenvalue weighted by Crippen LogP contribution is -2.19. The van der Waals surface area contributed by atoms with Gasteiger partial charge in [-0.25, -0.2) is 0 Å². The minimum absolute atomic E-state index is 0.269. The Bertz CT molecular complexity index is 310. The van der Waals surface area contributed by atoms with Crippen molar-refractivity contribution in [3.05, 3.63) is 23.3 Å². The van der Waals surface area contributed by atoms with Gasteiger partial charge in [-0.1, -0.05) is 57.8 Å². The smallest absolute Gasteiger partial charge is 0.0724 e. The maximum atomic E-state index is 9.95. The highest BCUT2D eigenvalue weighted by atomic mass is 16.3. The Kier molecular flexibility index (Phi) is 6.14. The number of unbranched alkanes of at least 4 members (excludes halogenated alkanes) is 2. The van der Waals surface area contributed by atoms with Crippen molar-refractivity contribution in [2.75, 3.05) is 0 Å². The second-order valence-corrected chi connectivity index (χ2v) is 6.35. The lowest BCUT2D eigenvalue weighted by atomic mass is 9.72. The number of rotatable bonds is 6. The van der Waals surface area contributed by atoms with E-state index < -0.39 is 0 Å². The summed E-state index contributed by atoms with van der Waals surface area (Å²) in [4.78, 5) is 0. The van der Waals surface area contributed by atoms with E-state index in [-0.39, 0.29) is 11.5 Å². The number of aliphatic hydroxyl groups excluding tert-OH is 1. The van der Waals surface area contributed by atoms with E-state index in [4.69, 9.17) is 0 Å². The van der Waals surface area contributed by atoms with Crippen LogP contribution >= 0.6 is 0 Å². The molecular weight excluding hydrogens is 220 g/mol. The van der Waals surface area contributed by atoms with Crippen LogP contribution in [0.2, 0.25) is 0 Å². The molecule has 1 rings (SSSR count). The fraction of sp³-hybridized carbons (Fsp3) is 0.765. The first-order valence-electron chi connectivity index (χ1n) is 7.54. The Morgan fingerprint density at radius 3 is 2.67 bits per heavy atom. The van der Waals surface area contributed by atoms with Gasteiger partial charge in [0.1, 0.15) is 0 Å². The van der Waals surface area contributed by atoms with Crippen LogP contribution < -0.4 is 0 Å². The fourth-order valence-electron chi connectivity index (χ4n) is 2.92. The molecule has 0 aliphatic heterocycles. The predicted octanol–water partition coefficient (Wildman–Crippen LogP) is 5.01. The highest BCUT2D eigenvalue weighted by molar-refractivity contribution is 5.32. The molecule has 0 aromatic rings. The summed E-state index contributed by atoms with van der Waals surface area (Å²) in [5.74, 6) is 0. The molecule has 1 atom stereocenters. The van der Waals surface area contributed by atoms with Gasteiger partial charge < -0.3 is 5.11 Å². The van der Waals surface area contributed by atoms with Gasteiger partial charge >= 0.3 is 0 Å². The lowest BCUT2D eigenvalue weighted by molar-refractivity contribution is 0.208. The van der Waals surface area contributed by atoms with Gasteiger partial charge in [0, 0.05) is 0 Å². The molecule has 0 spiro atoms. The third-order valence-corrected chi connectivity index (χ3v) is 4.13. The molecule has 18 heavy (non-hydrogen) atoms. The van der Waals surface area contributed by atoms with Crippen molar-refractivity contribution in [1.29, 1.82) is 0 Å². The van der Waals surface area contributed by atoms with E-state index in [9.17, 15) is 5.11 Å². The van der Waals surface area contributed by atoms with Crippen molar-refractivity contribution < 1.29 is 5.11 Å². The van der Waals surface area contributed by atoms with Crippen molar-refractivity contribution in [2.24, 2.45) is 5.41 Å². The second kappa shape index (κ2) is 7.13. The van der Waals surface area contributed by atoms with Crippen molar-refractivity contribution in [2.45, 2.75) is 78.7 Å². The zero-order valence-corrected chi connectivity index (χ0v) is 12.6. The molecule has 1 heteroatoms. The summed E-state index contributed by atoms with van der Waals surface area (Å²) in [5, 5.41) is 9.95. The first kappa shape index (κ1) is 15.5. The fourth-order valence-corrected chi connectivity index (χ4v) is 2.92. The maximum absolute atomic E-state index is 9.95. The summed E-state index contributed by atoms with van der Waals surface area (Å²) in [6.45, 7) is 9.07. The number of aliphatic hydroxyl groups is 1. The Hall–Kier alpha value is -0.560. The molecule has 1 nitrogen and oxygen atoms in total. The lowest BCUT2D eigenvalue weighted by Gasteiger charge is -2.33. The van der Waals surface area contributed by atoms with Crippen molar-refractivity contribution in [3.63, 3.8) is 0 Å². The molecule has 0 fully saturated rings. The highest BCUT2D eigenvalue weighted by Crippen LogP contribution is 2.40.